The Morgan fingerprint density at radius 1 is 1.50 bits per heavy atom. The van der Waals surface area contributed by atoms with Gasteiger partial charge in [0.05, 0.1) is 6.54 Å². The Labute approximate surface area is 111 Å². The van der Waals surface area contributed by atoms with Gasteiger partial charge in [0.25, 0.3) is 0 Å². The van der Waals surface area contributed by atoms with Crippen LogP contribution in [0, 0.1) is 5.92 Å². The number of nitrogens with zero attached hydrogens (tertiary/aromatic N) is 3. The van der Waals surface area contributed by atoms with Gasteiger partial charge in [-0.2, -0.15) is 0 Å². The molecule has 0 aromatic carbocycles. The van der Waals surface area contributed by atoms with E-state index in [1.54, 1.807) is 0 Å². The second-order valence-electron chi connectivity index (χ2n) is 6.30. The number of guanidine groups is 1. The van der Waals surface area contributed by atoms with Gasteiger partial charge >= 0.3 is 0 Å². The van der Waals surface area contributed by atoms with Crippen molar-refractivity contribution in [3.05, 3.63) is 0 Å². The van der Waals surface area contributed by atoms with Crippen LogP contribution >= 0.6 is 0 Å². The van der Waals surface area contributed by atoms with E-state index in [0.717, 1.165) is 31.5 Å². The van der Waals surface area contributed by atoms with Gasteiger partial charge < -0.3 is 15.1 Å². The first-order valence-corrected chi connectivity index (χ1v) is 7.20. The standard InChI is InChI=1S/C14H28N4/c1-12-6-5-7-14(10-12,17(2)3)11-16-13-15-8-9-18(13)4/h12H,5-11H2,1-4H3,(H,15,16). The van der Waals surface area contributed by atoms with Gasteiger partial charge in [-0.25, -0.2) is 0 Å². The maximum absolute atomic E-state index is 4.52. The molecule has 0 radical (unpaired) electrons. The molecule has 104 valence electrons. The van der Waals surface area contributed by atoms with Crippen molar-refractivity contribution >= 4 is 5.96 Å². The van der Waals surface area contributed by atoms with Gasteiger partial charge in [0.2, 0.25) is 0 Å². The van der Waals surface area contributed by atoms with Gasteiger partial charge in [0, 0.05) is 25.7 Å². The Kier molecular flexibility index (Phi) is 4.15. The number of likely N-dealkylation sites (N-methyl/N-ethyl adjacent to an activating group) is 2. The van der Waals surface area contributed by atoms with Crippen molar-refractivity contribution in [2.45, 2.75) is 38.1 Å². The lowest BCUT2D eigenvalue weighted by Gasteiger charge is -2.45. The molecule has 4 nitrogen and oxygen atoms in total. The number of aliphatic imine (C=N–C) groups is 1. The van der Waals surface area contributed by atoms with E-state index in [4.69, 9.17) is 0 Å². The molecule has 0 saturated heterocycles. The third kappa shape index (κ3) is 2.79. The maximum Gasteiger partial charge on any atom is 0.193 e. The van der Waals surface area contributed by atoms with E-state index >= 15 is 0 Å². The maximum atomic E-state index is 4.52. The van der Waals surface area contributed by atoms with Crippen LogP contribution in [0.15, 0.2) is 4.99 Å². The molecule has 2 atom stereocenters. The predicted molar refractivity (Wildman–Crippen MR) is 77.0 cm³/mol. The van der Waals surface area contributed by atoms with Crippen molar-refractivity contribution in [1.82, 2.24) is 15.1 Å². The molecule has 2 rings (SSSR count). The van der Waals surface area contributed by atoms with Gasteiger partial charge in [0.15, 0.2) is 5.96 Å². The van der Waals surface area contributed by atoms with Crippen LogP contribution in [0.2, 0.25) is 0 Å². The third-order valence-electron chi connectivity index (χ3n) is 4.65. The van der Waals surface area contributed by atoms with Crippen molar-refractivity contribution in [2.75, 3.05) is 40.8 Å². The van der Waals surface area contributed by atoms with Crippen molar-refractivity contribution in [1.29, 1.82) is 0 Å². The van der Waals surface area contributed by atoms with Crippen LogP contribution in [0.5, 0.6) is 0 Å². The molecule has 1 N–H and O–H groups in total. The minimum Gasteiger partial charge on any atom is -0.354 e. The highest BCUT2D eigenvalue weighted by atomic mass is 15.3. The molecule has 1 aliphatic heterocycles. The topological polar surface area (TPSA) is 30.9 Å². The lowest BCUT2D eigenvalue weighted by Crippen LogP contribution is -2.56. The number of hydrogen-bond donors (Lipinski definition) is 1. The fraction of sp³-hybridized carbons (Fsp3) is 0.929. The minimum absolute atomic E-state index is 0.309. The highest BCUT2D eigenvalue weighted by Crippen LogP contribution is 2.35. The highest BCUT2D eigenvalue weighted by Gasteiger charge is 2.37. The summed E-state index contributed by atoms with van der Waals surface area (Å²) in [6.45, 7) is 5.39. The van der Waals surface area contributed by atoms with Gasteiger partial charge in [-0.15, -0.1) is 0 Å². The highest BCUT2D eigenvalue weighted by molar-refractivity contribution is 5.81. The molecule has 18 heavy (non-hydrogen) atoms. The van der Waals surface area contributed by atoms with Crippen LogP contribution in [-0.4, -0.2) is 62.1 Å². The largest absolute Gasteiger partial charge is 0.354 e. The molecule has 0 spiro atoms. The van der Waals surface area contributed by atoms with Crippen LogP contribution in [-0.2, 0) is 0 Å². The van der Waals surface area contributed by atoms with E-state index < -0.39 is 0 Å². The Bertz CT molecular complexity index is 313. The van der Waals surface area contributed by atoms with Gasteiger partial charge in [-0.3, -0.25) is 4.99 Å². The molecule has 1 fully saturated rings. The predicted octanol–water partition coefficient (Wildman–Crippen LogP) is 1.39. The van der Waals surface area contributed by atoms with Crippen molar-refractivity contribution in [3.63, 3.8) is 0 Å². The van der Waals surface area contributed by atoms with E-state index in [-0.39, 0.29) is 0 Å². The zero-order valence-electron chi connectivity index (χ0n) is 12.4. The average Bonchev–Trinajstić information content (AvgIpc) is 2.72. The fourth-order valence-corrected chi connectivity index (χ4v) is 3.32. The van der Waals surface area contributed by atoms with Crippen LogP contribution in [0.4, 0.5) is 0 Å². The zero-order chi connectivity index (χ0) is 13.2. The molecule has 2 aliphatic rings. The summed E-state index contributed by atoms with van der Waals surface area (Å²) >= 11 is 0. The molecule has 4 heteroatoms. The minimum atomic E-state index is 0.309. The van der Waals surface area contributed by atoms with E-state index in [1.165, 1.54) is 25.7 Å². The molecule has 0 aromatic rings. The second kappa shape index (κ2) is 5.47. The van der Waals surface area contributed by atoms with Crippen molar-refractivity contribution < 1.29 is 0 Å². The molecule has 1 saturated carbocycles. The van der Waals surface area contributed by atoms with Gasteiger partial charge in [0.1, 0.15) is 0 Å². The lowest BCUT2D eigenvalue weighted by molar-refractivity contribution is 0.0792. The van der Waals surface area contributed by atoms with Crippen LogP contribution in [0.1, 0.15) is 32.6 Å². The molecule has 1 aliphatic carbocycles. The molecular weight excluding hydrogens is 224 g/mol. The SMILES string of the molecule is CC1CCCC(CNC2=NCCN2C)(N(C)C)C1. The summed E-state index contributed by atoms with van der Waals surface area (Å²) in [7, 11) is 6.56. The summed E-state index contributed by atoms with van der Waals surface area (Å²) in [4.78, 5) is 9.16. The Morgan fingerprint density at radius 2 is 2.28 bits per heavy atom. The normalized spacial score (nSPS) is 32.8. The van der Waals surface area contributed by atoms with Crippen molar-refractivity contribution in [2.24, 2.45) is 10.9 Å². The van der Waals surface area contributed by atoms with E-state index in [1.807, 2.05) is 0 Å². The van der Waals surface area contributed by atoms with Crippen molar-refractivity contribution in [3.8, 4) is 0 Å². The molecule has 0 aromatic heterocycles. The molecule has 2 unspecified atom stereocenters. The quantitative estimate of drug-likeness (QED) is 0.823. The monoisotopic (exact) mass is 252 g/mol. The van der Waals surface area contributed by atoms with E-state index in [9.17, 15) is 0 Å². The number of nitrogens with one attached hydrogen (secondary N) is 1. The fourth-order valence-electron chi connectivity index (χ4n) is 3.32. The molecule has 1 heterocycles. The third-order valence-corrected chi connectivity index (χ3v) is 4.65. The Hall–Kier alpha value is -0.770. The number of rotatable bonds is 3. The zero-order valence-corrected chi connectivity index (χ0v) is 12.4. The van der Waals surface area contributed by atoms with E-state index in [2.05, 4.69) is 48.2 Å². The second-order valence-corrected chi connectivity index (χ2v) is 6.30. The summed E-state index contributed by atoms with van der Waals surface area (Å²) in [6, 6.07) is 0. The first kappa shape index (κ1) is 13.7. The van der Waals surface area contributed by atoms with E-state index in [0.29, 0.717) is 5.54 Å². The van der Waals surface area contributed by atoms with Crippen LogP contribution in [0.3, 0.4) is 0 Å². The van der Waals surface area contributed by atoms with Crippen LogP contribution < -0.4 is 5.32 Å². The molecule has 0 bridgehead atoms. The Morgan fingerprint density at radius 3 is 2.83 bits per heavy atom. The smallest absolute Gasteiger partial charge is 0.193 e. The van der Waals surface area contributed by atoms with Gasteiger partial charge in [-0.05, 0) is 32.9 Å². The van der Waals surface area contributed by atoms with Gasteiger partial charge in [-0.1, -0.05) is 19.8 Å². The lowest BCUT2D eigenvalue weighted by atomic mass is 9.75. The van der Waals surface area contributed by atoms with Crippen LogP contribution in [0.25, 0.3) is 0 Å². The number of hydrogen-bond acceptors (Lipinski definition) is 4. The summed E-state index contributed by atoms with van der Waals surface area (Å²) in [6.07, 6.45) is 5.33. The summed E-state index contributed by atoms with van der Waals surface area (Å²) in [5.41, 5.74) is 0.309. The first-order valence-electron chi connectivity index (χ1n) is 7.20. The summed E-state index contributed by atoms with van der Waals surface area (Å²) < 4.78 is 0. The summed E-state index contributed by atoms with van der Waals surface area (Å²) in [5, 5.41) is 3.58. The first-order chi connectivity index (χ1) is 8.53. The summed E-state index contributed by atoms with van der Waals surface area (Å²) in [5.74, 6) is 1.92. The average molecular weight is 252 g/mol. The molecule has 0 amide bonds. The Balaban J connectivity index is 1.98. The molecular formula is C14H28N4.